The molecule has 0 amide bonds. The summed E-state index contributed by atoms with van der Waals surface area (Å²) in [7, 11) is 0. The van der Waals surface area contributed by atoms with Gasteiger partial charge in [-0.25, -0.2) is 10.0 Å². The number of fused-ring (bicyclic) bond motifs is 3. The van der Waals surface area contributed by atoms with Crippen molar-refractivity contribution >= 4 is 0 Å². The van der Waals surface area contributed by atoms with E-state index in [2.05, 4.69) is 16.9 Å². The number of hydrogen-bond acceptors (Lipinski definition) is 4. The maximum Gasteiger partial charge on any atom is 0.0602 e. The van der Waals surface area contributed by atoms with Gasteiger partial charge in [-0.1, -0.05) is 6.92 Å². The van der Waals surface area contributed by atoms with Gasteiger partial charge in [-0.15, -0.1) is 0 Å². The van der Waals surface area contributed by atoms with Crippen molar-refractivity contribution in [2.45, 2.75) is 82.6 Å². The summed E-state index contributed by atoms with van der Waals surface area (Å²) in [5.41, 5.74) is 0. The lowest BCUT2D eigenvalue weighted by atomic mass is 9.69. The van der Waals surface area contributed by atoms with Gasteiger partial charge in [0.1, 0.15) is 0 Å². The Kier molecular flexibility index (Phi) is 4.22. The van der Waals surface area contributed by atoms with Crippen LogP contribution in [0.2, 0.25) is 0 Å². The van der Waals surface area contributed by atoms with Crippen LogP contribution in [0.4, 0.5) is 0 Å². The van der Waals surface area contributed by atoms with E-state index in [1.807, 2.05) is 0 Å². The molecule has 0 spiro atoms. The number of nitrogens with zero attached hydrogens (tertiary/aromatic N) is 2. The van der Waals surface area contributed by atoms with Crippen LogP contribution in [0.15, 0.2) is 0 Å². The van der Waals surface area contributed by atoms with E-state index >= 15 is 0 Å². The van der Waals surface area contributed by atoms with E-state index in [9.17, 15) is 10.2 Å². The first kappa shape index (κ1) is 15.4. The monoisotopic (exact) mass is 308 g/mol. The molecular weight excluding hydrogens is 276 g/mol. The van der Waals surface area contributed by atoms with Crippen molar-refractivity contribution in [3.63, 3.8) is 0 Å². The Bertz CT molecular complexity index is 397. The lowest BCUT2D eigenvalue weighted by Crippen LogP contribution is -2.50. The molecule has 0 aromatic heterocycles. The van der Waals surface area contributed by atoms with Crippen LogP contribution >= 0.6 is 0 Å². The molecule has 2 saturated carbocycles. The quantitative estimate of drug-likeness (QED) is 0.778. The van der Waals surface area contributed by atoms with Crippen molar-refractivity contribution in [2.24, 2.45) is 17.8 Å². The van der Waals surface area contributed by atoms with E-state index in [1.165, 1.54) is 32.4 Å². The number of aliphatic hydroxyl groups is 2. The van der Waals surface area contributed by atoms with Gasteiger partial charge in [0.25, 0.3) is 0 Å². The van der Waals surface area contributed by atoms with Gasteiger partial charge in [-0.3, -0.25) is 0 Å². The van der Waals surface area contributed by atoms with Crippen LogP contribution < -0.4 is 0 Å². The van der Waals surface area contributed by atoms with Crippen molar-refractivity contribution in [3.05, 3.63) is 0 Å². The molecular formula is C18H32N2O2. The van der Waals surface area contributed by atoms with Gasteiger partial charge in [0.05, 0.1) is 12.2 Å². The molecule has 5 atom stereocenters. The predicted molar refractivity (Wildman–Crippen MR) is 86.1 cm³/mol. The van der Waals surface area contributed by atoms with E-state index in [4.69, 9.17) is 0 Å². The molecule has 2 saturated heterocycles. The minimum Gasteiger partial charge on any atom is -0.393 e. The summed E-state index contributed by atoms with van der Waals surface area (Å²) in [5.74, 6) is 1.75. The molecule has 22 heavy (non-hydrogen) atoms. The molecule has 2 aliphatic carbocycles. The standard InChI is InChI=1S/C18H32N2O2/c1-12-10-15-17(16(22)11-12)18(13-4-6-14(21)7-5-13)20-9-3-2-8-19(15)20/h12-18,21-22H,2-11H2,1H3. The number of hydrogen-bond donors (Lipinski definition) is 2. The third kappa shape index (κ3) is 2.52. The molecule has 0 bridgehead atoms. The summed E-state index contributed by atoms with van der Waals surface area (Å²) in [6.45, 7) is 4.67. The second kappa shape index (κ2) is 6.04. The second-order valence-corrected chi connectivity index (χ2v) is 8.38. The Labute approximate surface area is 134 Å². The fraction of sp³-hybridized carbons (Fsp3) is 1.00. The minimum absolute atomic E-state index is 0.0813. The van der Waals surface area contributed by atoms with Crippen molar-refractivity contribution in [1.82, 2.24) is 10.0 Å². The summed E-state index contributed by atoms with van der Waals surface area (Å²) in [6.07, 6.45) is 8.83. The third-order valence-electron chi connectivity index (χ3n) is 6.88. The van der Waals surface area contributed by atoms with E-state index in [0.29, 0.717) is 29.8 Å². The molecule has 2 heterocycles. The van der Waals surface area contributed by atoms with E-state index in [-0.39, 0.29) is 12.2 Å². The normalized spacial score (nSPS) is 50.6. The summed E-state index contributed by atoms with van der Waals surface area (Å²) >= 11 is 0. The van der Waals surface area contributed by atoms with Crippen molar-refractivity contribution in [1.29, 1.82) is 0 Å². The largest absolute Gasteiger partial charge is 0.393 e. The SMILES string of the molecule is CC1CC(O)C2C(C1)N1CCCCN1C2C1CCC(O)CC1. The van der Waals surface area contributed by atoms with E-state index < -0.39 is 0 Å². The van der Waals surface area contributed by atoms with Gasteiger partial charge in [0.2, 0.25) is 0 Å². The molecule has 4 heteroatoms. The first-order valence-electron chi connectivity index (χ1n) is 9.54. The Balaban J connectivity index is 1.60. The van der Waals surface area contributed by atoms with Crippen LogP contribution in [-0.2, 0) is 0 Å². The predicted octanol–water partition coefficient (Wildman–Crippen LogP) is 2.01. The maximum absolute atomic E-state index is 10.8. The Morgan fingerprint density at radius 1 is 0.864 bits per heavy atom. The number of hydrazine groups is 1. The fourth-order valence-electron chi connectivity index (χ4n) is 5.95. The molecule has 4 nitrogen and oxygen atoms in total. The van der Waals surface area contributed by atoms with Crippen molar-refractivity contribution < 1.29 is 10.2 Å². The van der Waals surface area contributed by atoms with Crippen molar-refractivity contribution in [2.75, 3.05) is 13.1 Å². The molecule has 4 rings (SSSR count). The van der Waals surface area contributed by atoms with Gasteiger partial charge in [-0.2, -0.15) is 0 Å². The van der Waals surface area contributed by atoms with E-state index in [0.717, 1.165) is 32.1 Å². The Morgan fingerprint density at radius 2 is 1.55 bits per heavy atom. The zero-order valence-electron chi connectivity index (χ0n) is 13.9. The minimum atomic E-state index is -0.129. The highest BCUT2D eigenvalue weighted by molar-refractivity contribution is 5.05. The average molecular weight is 308 g/mol. The van der Waals surface area contributed by atoms with Crippen LogP contribution in [-0.4, -0.2) is 57.6 Å². The lowest BCUT2D eigenvalue weighted by Gasteiger charge is -2.42. The van der Waals surface area contributed by atoms with Crippen LogP contribution in [0.25, 0.3) is 0 Å². The van der Waals surface area contributed by atoms with Gasteiger partial charge < -0.3 is 10.2 Å². The fourth-order valence-corrected chi connectivity index (χ4v) is 5.95. The summed E-state index contributed by atoms with van der Waals surface area (Å²) in [4.78, 5) is 0. The first-order chi connectivity index (χ1) is 10.6. The smallest absolute Gasteiger partial charge is 0.0602 e. The summed E-state index contributed by atoms with van der Waals surface area (Å²) in [6, 6.07) is 1.09. The molecule has 0 radical (unpaired) electrons. The number of rotatable bonds is 1. The van der Waals surface area contributed by atoms with Crippen LogP contribution in [0.5, 0.6) is 0 Å². The topological polar surface area (TPSA) is 46.9 Å². The average Bonchev–Trinajstić information content (AvgIpc) is 2.83. The zero-order chi connectivity index (χ0) is 15.3. The highest BCUT2D eigenvalue weighted by Gasteiger charge is 2.55. The van der Waals surface area contributed by atoms with Gasteiger partial charge in [-0.05, 0) is 63.2 Å². The Morgan fingerprint density at radius 3 is 2.27 bits per heavy atom. The summed E-state index contributed by atoms with van der Waals surface area (Å²) < 4.78 is 0. The zero-order valence-corrected chi connectivity index (χ0v) is 13.9. The van der Waals surface area contributed by atoms with Gasteiger partial charge >= 0.3 is 0 Å². The molecule has 2 N–H and O–H groups in total. The highest BCUT2D eigenvalue weighted by atomic mass is 16.3. The molecule has 4 fully saturated rings. The lowest BCUT2D eigenvalue weighted by molar-refractivity contribution is -0.0719. The maximum atomic E-state index is 10.8. The van der Waals surface area contributed by atoms with Gasteiger partial charge in [0, 0.05) is 31.1 Å². The number of aliphatic hydroxyl groups excluding tert-OH is 2. The Hall–Kier alpha value is -0.160. The molecule has 2 aliphatic heterocycles. The van der Waals surface area contributed by atoms with Crippen LogP contribution in [0.3, 0.4) is 0 Å². The van der Waals surface area contributed by atoms with Crippen LogP contribution in [0.1, 0.15) is 58.3 Å². The molecule has 5 unspecified atom stereocenters. The van der Waals surface area contributed by atoms with E-state index in [1.54, 1.807) is 0 Å². The van der Waals surface area contributed by atoms with Gasteiger partial charge in [0.15, 0.2) is 0 Å². The van der Waals surface area contributed by atoms with Crippen molar-refractivity contribution in [3.8, 4) is 0 Å². The highest BCUT2D eigenvalue weighted by Crippen LogP contribution is 2.48. The molecule has 0 aromatic rings. The first-order valence-corrected chi connectivity index (χ1v) is 9.54. The molecule has 126 valence electrons. The third-order valence-corrected chi connectivity index (χ3v) is 6.88. The summed E-state index contributed by atoms with van der Waals surface area (Å²) in [5, 5.41) is 26.0. The second-order valence-electron chi connectivity index (χ2n) is 8.38. The molecule has 0 aromatic carbocycles. The molecule has 4 aliphatic rings. The van der Waals surface area contributed by atoms with Crippen LogP contribution in [0, 0.1) is 17.8 Å².